The van der Waals surface area contributed by atoms with Crippen LogP contribution in [0.3, 0.4) is 0 Å². The zero-order valence-corrected chi connectivity index (χ0v) is 80.9. The van der Waals surface area contributed by atoms with Crippen molar-refractivity contribution < 1.29 is 8.83 Å². The van der Waals surface area contributed by atoms with Gasteiger partial charge >= 0.3 is 0 Å². The van der Waals surface area contributed by atoms with Crippen molar-refractivity contribution >= 4 is 131 Å². The molecular weight excluding hydrogens is 1830 g/mol. The summed E-state index contributed by atoms with van der Waals surface area (Å²) in [6, 6.07) is 184. The lowest BCUT2D eigenvalue weighted by Crippen LogP contribution is -2.02. The lowest BCUT2D eigenvalue weighted by Gasteiger charge is -2.14. The van der Waals surface area contributed by atoms with E-state index < -0.39 is 0 Å². The summed E-state index contributed by atoms with van der Waals surface area (Å²) in [5.74, 6) is 3.53. The van der Waals surface area contributed by atoms with E-state index in [9.17, 15) is 0 Å². The molecule has 30 rings (SSSR count). The minimum atomic E-state index is 0.572. The minimum Gasteiger partial charge on any atom is -0.452 e. The van der Waals surface area contributed by atoms with Crippen LogP contribution in [0.2, 0.25) is 0 Å². The van der Waals surface area contributed by atoms with Crippen LogP contribution >= 0.6 is 0 Å². The van der Waals surface area contributed by atoms with Gasteiger partial charge in [0.1, 0.15) is 0 Å². The van der Waals surface area contributed by atoms with Crippen LogP contribution in [-0.4, -0.2) is 48.2 Å². The van der Waals surface area contributed by atoms with Crippen molar-refractivity contribution in [1.29, 1.82) is 0 Å². The first-order valence-corrected chi connectivity index (χ1v) is 50.7. The van der Waals surface area contributed by atoms with Crippen molar-refractivity contribution in [1.82, 2.24) is 48.2 Å². The minimum absolute atomic E-state index is 0.572. The van der Waals surface area contributed by atoms with E-state index in [2.05, 4.69) is 516 Å². The van der Waals surface area contributed by atoms with E-state index in [1.54, 1.807) is 0 Å². The normalized spacial score (nSPS) is 11.7. The van der Waals surface area contributed by atoms with Gasteiger partial charge in [-0.1, -0.05) is 431 Å². The number of aromatic nitrogens is 10. The van der Waals surface area contributed by atoms with Crippen LogP contribution in [0.25, 0.3) is 289 Å². The van der Waals surface area contributed by atoms with Crippen molar-refractivity contribution in [3.8, 4) is 158 Å². The Kier molecular flexibility index (Phi) is 20.7. The average molecular weight is 1920 g/mol. The molecule has 0 saturated carbocycles. The Morgan fingerprint density at radius 3 is 0.687 bits per heavy atom. The quantitative estimate of drug-likeness (QED) is 0.0937. The molecule has 12 heteroatoms. The van der Waals surface area contributed by atoms with Gasteiger partial charge in [-0.2, -0.15) is 0 Å². The van der Waals surface area contributed by atoms with Gasteiger partial charge in [0.05, 0.1) is 55.5 Å². The van der Waals surface area contributed by atoms with Crippen molar-refractivity contribution in [3.05, 3.63) is 522 Å². The number of hydrogen-bond donors (Lipinski definition) is 0. The van der Waals surface area contributed by atoms with E-state index in [1.165, 1.54) is 10.8 Å². The molecule has 0 unspecified atom stereocenters. The lowest BCUT2D eigenvalue weighted by atomic mass is 9.98. The molecule has 8 aromatic heterocycles. The zero-order chi connectivity index (χ0) is 98.8. The molecule has 150 heavy (non-hydrogen) atoms. The van der Waals surface area contributed by atoms with Crippen LogP contribution in [0.1, 0.15) is 0 Å². The third-order valence-corrected chi connectivity index (χ3v) is 29.6. The first kappa shape index (κ1) is 86.3. The fourth-order valence-corrected chi connectivity index (χ4v) is 22.9. The molecule has 8 heterocycles. The molecule has 700 valence electrons. The van der Waals surface area contributed by atoms with Crippen molar-refractivity contribution in [3.63, 3.8) is 0 Å². The van der Waals surface area contributed by atoms with Gasteiger partial charge in [-0.15, -0.1) is 0 Å². The molecule has 0 atom stereocenters. The molecule has 0 amide bonds. The maximum absolute atomic E-state index is 7.47. The Hall–Kier alpha value is -20.3. The first-order chi connectivity index (χ1) is 74.4. The van der Waals surface area contributed by atoms with Gasteiger partial charge in [-0.3, -0.25) is 0 Å². The van der Waals surface area contributed by atoms with Gasteiger partial charge < -0.3 is 27.1 Å². The summed E-state index contributed by atoms with van der Waals surface area (Å²) in [5.41, 5.74) is 34.5. The summed E-state index contributed by atoms with van der Waals surface area (Å²) in [4.78, 5) is 32.0. The smallest absolute Gasteiger partial charge is 0.164 e. The van der Waals surface area contributed by atoms with E-state index in [-0.39, 0.29) is 0 Å². The number of nitrogens with zero attached hydrogens (tertiary/aromatic N) is 10. The largest absolute Gasteiger partial charge is 0.452 e. The van der Waals surface area contributed by atoms with Crippen LogP contribution < -0.4 is 0 Å². The van der Waals surface area contributed by atoms with E-state index in [0.29, 0.717) is 34.9 Å². The Morgan fingerprint density at radius 2 is 0.353 bits per heavy atom. The Bertz CT molecular complexity index is 10500. The number of furan rings is 2. The highest BCUT2D eigenvalue weighted by Gasteiger charge is 2.30. The second kappa shape index (κ2) is 35.9. The molecule has 0 aliphatic rings. The van der Waals surface area contributed by atoms with Crippen molar-refractivity contribution in [2.24, 2.45) is 0 Å². The molecule has 0 N–H and O–H groups in total. The predicted molar refractivity (Wildman–Crippen MR) is 617 cm³/mol. The van der Waals surface area contributed by atoms with Crippen LogP contribution in [0, 0.1) is 0 Å². The third-order valence-electron chi connectivity index (χ3n) is 29.6. The van der Waals surface area contributed by atoms with E-state index in [1.807, 2.05) is 24.3 Å². The summed E-state index contributed by atoms with van der Waals surface area (Å²) in [6.07, 6.45) is 0. The zero-order valence-electron chi connectivity index (χ0n) is 80.9. The standard InChI is InChI=1S/2C69H43N5O/c1-4-21-44(22-5-1)49-29-10-12-34-58(49)68-70-67(71-69(72-68)59-35-13-11-30-50(59)45-23-6-2-7-24-45)47-27-20-28-48(43-47)73-61-37-18-15-32-52(61)54-39-41-56-57-42-40-55-53-33-16-19-38-62(53)74(64(55)66(57)75-65(56)63(54)73)60-36-17-14-31-51(60)46-25-8-3-9-26-46;1-4-20-44(21-5-1)47-26-18-27-48(42-47)67-70-68(72-69(71-67)59-34-11-10-30-51(59)45-22-6-2-7-23-45)49-28-19-29-50(43-49)73-61-36-16-13-32-53(61)55-38-40-57-58-41-39-56-54-33-14-17-37-62(54)74(64(56)66(58)75-65(57)63(55)73)60-35-15-12-31-52(60)46-24-8-3-9-25-46/h2*1-43H. The van der Waals surface area contributed by atoms with Crippen molar-refractivity contribution in [2.45, 2.75) is 0 Å². The highest BCUT2D eigenvalue weighted by atomic mass is 16.3. The predicted octanol–water partition coefficient (Wildman–Crippen LogP) is 35.9. The number of hydrogen-bond acceptors (Lipinski definition) is 8. The van der Waals surface area contributed by atoms with Gasteiger partial charge in [0.25, 0.3) is 0 Å². The molecule has 0 fully saturated rings. The molecule has 0 spiro atoms. The van der Waals surface area contributed by atoms with Crippen LogP contribution in [0.5, 0.6) is 0 Å². The topological polar surface area (TPSA) is 123 Å². The van der Waals surface area contributed by atoms with Crippen LogP contribution in [0.4, 0.5) is 0 Å². The molecule has 0 radical (unpaired) electrons. The molecule has 22 aromatic carbocycles. The Balaban J connectivity index is 0.000000141. The molecule has 0 aliphatic carbocycles. The number of rotatable bonds is 16. The monoisotopic (exact) mass is 1910 g/mol. The van der Waals surface area contributed by atoms with Gasteiger partial charge in [0.15, 0.2) is 57.3 Å². The SMILES string of the molecule is c1ccc(-c2cccc(-c3nc(-c4cccc(-n5c6ccccc6c6ccc7c8ccc9c%10ccccc%10n(-c%10ccccc%10-c%10ccccc%10)c9c8oc7c65)c4)nc(-c4ccccc4-c4ccccc4)n3)c2)cc1.c1ccc(-c2ccccc2-c2nc(-c3cccc(-n4c5ccccc5c5ccc6c7ccc8c9ccccc9n(-c9ccccc9-c9ccccc9)c8c7oc6c54)c3)nc(-c3ccccc3-c3ccccc3)n2)cc1. The van der Waals surface area contributed by atoms with E-state index in [4.69, 9.17) is 38.7 Å². The van der Waals surface area contributed by atoms with E-state index >= 15 is 0 Å². The fraction of sp³-hybridized carbons (Fsp3) is 0. The Labute approximate surface area is 861 Å². The molecule has 30 aromatic rings. The highest BCUT2D eigenvalue weighted by molar-refractivity contribution is 6.29. The molecular formula is C138H86N10O2. The molecule has 0 bridgehead atoms. The number of para-hydroxylation sites is 6. The fourth-order valence-electron chi connectivity index (χ4n) is 22.9. The summed E-state index contributed by atoms with van der Waals surface area (Å²) in [7, 11) is 0. The second-order valence-corrected chi connectivity index (χ2v) is 38.1. The molecule has 0 saturated heterocycles. The lowest BCUT2D eigenvalue weighted by molar-refractivity contribution is 0.673. The first-order valence-electron chi connectivity index (χ1n) is 50.7. The number of benzene rings is 22. The van der Waals surface area contributed by atoms with E-state index in [0.717, 1.165) is 243 Å². The Morgan fingerprint density at radius 1 is 0.133 bits per heavy atom. The third kappa shape index (κ3) is 14.4. The molecule has 0 aliphatic heterocycles. The summed E-state index contributed by atoms with van der Waals surface area (Å²) >= 11 is 0. The number of fused-ring (bicyclic) bond motifs is 22. The van der Waals surface area contributed by atoms with Gasteiger partial charge in [-0.25, -0.2) is 29.9 Å². The summed E-state index contributed by atoms with van der Waals surface area (Å²) < 4.78 is 24.5. The van der Waals surface area contributed by atoms with Crippen molar-refractivity contribution in [2.75, 3.05) is 0 Å². The summed E-state index contributed by atoms with van der Waals surface area (Å²) in [6.45, 7) is 0. The van der Waals surface area contributed by atoms with Gasteiger partial charge in [0.2, 0.25) is 0 Å². The van der Waals surface area contributed by atoms with Crippen LogP contribution in [0.15, 0.2) is 531 Å². The maximum atomic E-state index is 7.47. The summed E-state index contributed by atoms with van der Waals surface area (Å²) in [5, 5.41) is 13.3. The van der Waals surface area contributed by atoms with Gasteiger partial charge in [0, 0.05) is 121 Å². The maximum Gasteiger partial charge on any atom is 0.164 e. The average Bonchev–Trinajstić information content (AvgIpc) is 1.54. The van der Waals surface area contributed by atoms with Crippen LogP contribution in [-0.2, 0) is 0 Å². The van der Waals surface area contributed by atoms with Gasteiger partial charge in [-0.05, 0) is 147 Å². The molecule has 12 nitrogen and oxygen atoms in total. The highest BCUT2D eigenvalue weighted by Crippen LogP contribution is 2.51. The second-order valence-electron chi connectivity index (χ2n) is 38.1.